The van der Waals surface area contributed by atoms with Crippen LogP contribution in [0.5, 0.6) is 0 Å². The average molecular weight is 241 g/mol. The number of benzene rings is 1. The quantitative estimate of drug-likeness (QED) is 0.889. The van der Waals surface area contributed by atoms with E-state index < -0.39 is 0 Å². The summed E-state index contributed by atoms with van der Waals surface area (Å²) in [5.74, 6) is 0.701. The third kappa shape index (κ3) is 2.86. The molecule has 0 bridgehead atoms. The normalized spacial score (nSPS) is 10.4. The van der Waals surface area contributed by atoms with Crippen LogP contribution < -0.4 is 5.32 Å². The molecule has 0 fully saturated rings. The molecule has 3 nitrogen and oxygen atoms in total. The molecule has 3 heteroatoms. The van der Waals surface area contributed by atoms with Gasteiger partial charge in [-0.15, -0.1) is 0 Å². The Morgan fingerprint density at radius 3 is 2.67 bits per heavy atom. The Bertz CT molecular complexity index is 535. The molecular formula is C15H19N3. The van der Waals surface area contributed by atoms with E-state index in [1.54, 1.807) is 6.20 Å². The second kappa shape index (κ2) is 5.63. The van der Waals surface area contributed by atoms with Crippen LogP contribution in [-0.4, -0.2) is 16.5 Å². The average Bonchev–Trinajstić information content (AvgIpc) is 2.40. The monoisotopic (exact) mass is 241 g/mol. The number of hydrogen-bond donors (Lipinski definition) is 1. The molecule has 0 aliphatic carbocycles. The van der Waals surface area contributed by atoms with Crippen molar-refractivity contribution in [3.05, 3.63) is 41.6 Å². The Morgan fingerprint density at radius 1 is 1.11 bits per heavy atom. The Labute approximate surface area is 108 Å². The molecule has 0 spiro atoms. The number of aromatic nitrogens is 2. The molecule has 0 atom stereocenters. The van der Waals surface area contributed by atoms with E-state index in [-0.39, 0.29) is 0 Å². The van der Waals surface area contributed by atoms with Crippen LogP contribution >= 0.6 is 0 Å². The van der Waals surface area contributed by atoms with Gasteiger partial charge in [-0.25, -0.2) is 9.97 Å². The molecule has 2 rings (SSSR count). The highest BCUT2D eigenvalue weighted by molar-refractivity contribution is 5.61. The summed E-state index contributed by atoms with van der Waals surface area (Å²) in [5, 5.41) is 3.21. The molecular weight excluding hydrogens is 222 g/mol. The van der Waals surface area contributed by atoms with E-state index in [1.807, 2.05) is 6.07 Å². The van der Waals surface area contributed by atoms with Gasteiger partial charge in [-0.2, -0.15) is 0 Å². The highest BCUT2D eigenvalue weighted by Crippen LogP contribution is 2.20. The van der Waals surface area contributed by atoms with Crippen molar-refractivity contribution in [3.8, 4) is 11.3 Å². The van der Waals surface area contributed by atoms with Crippen molar-refractivity contribution >= 4 is 5.95 Å². The van der Waals surface area contributed by atoms with E-state index in [9.17, 15) is 0 Å². The zero-order valence-corrected chi connectivity index (χ0v) is 11.2. The van der Waals surface area contributed by atoms with Gasteiger partial charge >= 0.3 is 0 Å². The lowest BCUT2D eigenvalue weighted by Crippen LogP contribution is -2.04. The third-order valence-electron chi connectivity index (χ3n) is 2.99. The summed E-state index contributed by atoms with van der Waals surface area (Å²) in [7, 11) is 0. The van der Waals surface area contributed by atoms with Gasteiger partial charge in [0.2, 0.25) is 5.95 Å². The standard InChI is InChI=1S/C15H19N3/c1-4-8-16-15-17-9-7-14(18-15)13-6-5-11(2)12(3)10-13/h5-7,9-10H,4,8H2,1-3H3,(H,16,17,18). The van der Waals surface area contributed by atoms with Gasteiger partial charge in [0, 0.05) is 18.3 Å². The van der Waals surface area contributed by atoms with Crippen LogP contribution in [0.25, 0.3) is 11.3 Å². The van der Waals surface area contributed by atoms with E-state index in [0.717, 1.165) is 24.2 Å². The van der Waals surface area contributed by atoms with E-state index in [2.05, 4.69) is 54.3 Å². The molecule has 1 N–H and O–H groups in total. The maximum Gasteiger partial charge on any atom is 0.223 e. The molecule has 0 aliphatic heterocycles. The lowest BCUT2D eigenvalue weighted by molar-refractivity contribution is 0.953. The predicted octanol–water partition coefficient (Wildman–Crippen LogP) is 3.58. The molecule has 0 saturated carbocycles. The Hall–Kier alpha value is -1.90. The van der Waals surface area contributed by atoms with Crippen LogP contribution in [0.1, 0.15) is 24.5 Å². The molecule has 0 radical (unpaired) electrons. The maximum atomic E-state index is 4.53. The third-order valence-corrected chi connectivity index (χ3v) is 2.99. The number of nitrogens with one attached hydrogen (secondary N) is 1. The van der Waals surface area contributed by atoms with Crippen LogP contribution in [-0.2, 0) is 0 Å². The molecule has 0 aliphatic rings. The van der Waals surface area contributed by atoms with Crippen molar-refractivity contribution in [3.63, 3.8) is 0 Å². The van der Waals surface area contributed by atoms with Crippen LogP contribution in [0.2, 0.25) is 0 Å². The molecule has 1 heterocycles. The molecule has 1 aromatic carbocycles. The van der Waals surface area contributed by atoms with Gasteiger partial charge in [0.25, 0.3) is 0 Å². The van der Waals surface area contributed by atoms with Gasteiger partial charge in [0.05, 0.1) is 5.69 Å². The van der Waals surface area contributed by atoms with E-state index >= 15 is 0 Å². The van der Waals surface area contributed by atoms with Gasteiger partial charge in [-0.05, 0) is 43.5 Å². The summed E-state index contributed by atoms with van der Waals surface area (Å²) in [6, 6.07) is 8.35. The summed E-state index contributed by atoms with van der Waals surface area (Å²) < 4.78 is 0. The van der Waals surface area contributed by atoms with Gasteiger partial charge in [-0.1, -0.05) is 19.1 Å². The first-order valence-electron chi connectivity index (χ1n) is 6.35. The second-order valence-corrected chi connectivity index (χ2v) is 4.49. The SMILES string of the molecule is CCCNc1nccc(-c2ccc(C)c(C)c2)n1. The van der Waals surface area contributed by atoms with Crippen LogP contribution in [0, 0.1) is 13.8 Å². The van der Waals surface area contributed by atoms with Gasteiger partial charge in [-0.3, -0.25) is 0 Å². The molecule has 18 heavy (non-hydrogen) atoms. The van der Waals surface area contributed by atoms with Crippen molar-refractivity contribution < 1.29 is 0 Å². The molecule has 1 aromatic heterocycles. The van der Waals surface area contributed by atoms with Gasteiger partial charge in [0.1, 0.15) is 0 Å². The number of hydrogen-bond acceptors (Lipinski definition) is 3. The van der Waals surface area contributed by atoms with E-state index in [0.29, 0.717) is 5.95 Å². The summed E-state index contributed by atoms with van der Waals surface area (Å²) in [4.78, 5) is 8.75. The van der Waals surface area contributed by atoms with Crippen LogP contribution in [0.3, 0.4) is 0 Å². The highest BCUT2D eigenvalue weighted by Gasteiger charge is 2.03. The van der Waals surface area contributed by atoms with Crippen molar-refractivity contribution in [2.75, 3.05) is 11.9 Å². The van der Waals surface area contributed by atoms with E-state index in [1.165, 1.54) is 11.1 Å². The summed E-state index contributed by atoms with van der Waals surface area (Å²) >= 11 is 0. The van der Waals surface area contributed by atoms with Crippen molar-refractivity contribution in [1.82, 2.24) is 9.97 Å². The summed E-state index contributed by atoms with van der Waals surface area (Å²) in [5.41, 5.74) is 4.69. The molecule has 0 saturated heterocycles. The van der Waals surface area contributed by atoms with Crippen molar-refractivity contribution in [1.29, 1.82) is 0 Å². The minimum atomic E-state index is 0.701. The van der Waals surface area contributed by atoms with Gasteiger partial charge in [0.15, 0.2) is 0 Å². The largest absolute Gasteiger partial charge is 0.354 e. The number of rotatable bonds is 4. The predicted molar refractivity (Wildman–Crippen MR) is 75.7 cm³/mol. The number of aryl methyl sites for hydroxylation is 2. The first-order chi connectivity index (χ1) is 8.70. The fourth-order valence-electron chi connectivity index (χ4n) is 1.74. The summed E-state index contributed by atoms with van der Waals surface area (Å²) in [6.07, 6.45) is 2.87. The van der Waals surface area contributed by atoms with Crippen LogP contribution in [0.4, 0.5) is 5.95 Å². The van der Waals surface area contributed by atoms with E-state index in [4.69, 9.17) is 0 Å². The number of anilines is 1. The summed E-state index contributed by atoms with van der Waals surface area (Å²) in [6.45, 7) is 7.26. The Morgan fingerprint density at radius 2 is 1.94 bits per heavy atom. The molecule has 2 aromatic rings. The lowest BCUT2D eigenvalue weighted by atomic mass is 10.0. The second-order valence-electron chi connectivity index (χ2n) is 4.49. The zero-order chi connectivity index (χ0) is 13.0. The fourth-order valence-corrected chi connectivity index (χ4v) is 1.74. The zero-order valence-electron chi connectivity index (χ0n) is 11.2. The molecule has 0 unspecified atom stereocenters. The topological polar surface area (TPSA) is 37.8 Å². The Balaban J connectivity index is 2.29. The minimum Gasteiger partial charge on any atom is -0.354 e. The minimum absolute atomic E-state index is 0.701. The first kappa shape index (κ1) is 12.6. The van der Waals surface area contributed by atoms with Gasteiger partial charge < -0.3 is 5.32 Å². The number of nitrogens with zero attached hydrogens (tertiary/aromatic N) is 2. The smallest absolute Gasteiger partial charge is 0.223 e. The van der Waals surface area contributed by atoms with Crippen molar-refractivity contribution in [2.24, 2.45) is 0 Å². The van der Waals surface area contributed by atoms with Crippen molar-refractivity contribution in [2.45, 2.75) is 27.2 Å². The fraction of sp³-hybridized carbons (Fsp3) is 0.333. The van der Waals surface area contributed by atoms with Crippen LogP contribution in [0.15, 0.2) is 30.5 Å². The Kier molecular flexibility index (Phi) is 3.92. The molecule has 94 valence electrons. The lowest BCUT2D eigenvalue weighted by Gasteiger charge is -2.07. The first-order valence-corrected chi connectivity index (χ1v) is 6.35. The molecule has 0 amide bonds. The maximum absolute atomic E-state index is 4.53. The highest BCUT2D eigenvalue weighted by atomic mass is 15.1.